The molecule has 0 bridgehead atoms. The van der Waals surface area contributed by atoms with Gasteiger partial charge in [0.05, 0.1) is 6.61 Å². The second-order valence-electron chi connectivity index (χ2n) is 6.84. The van der Waals surface area contributed by atoms with Gasteiger partial charge in [-0.1, -0.05) is 39.0 Å². The van der Waals surface area contributed by atoms with E-state index in [-0.39, 0.29) is 11.0 Å². The van der Waals surface area contributed by atoms with Gasteiger partial charge in [-0.2, -0.15) is 5.10 Å². The highest BCUT2D eigenvalue weighted by Gasteiger charge is 2.12. The van der Waals surface area contributed by atoms with Crippen molar-refractivity contribution >= 4 is 28.9 Å². The predicted octanol–water partition coefficient (Wildman–Crippen LogP) is 4.59. The van der Waals surface area contributed by atoms with Crippen molar-refractivity contribution in [3.8, 4) is 5.75 Å². The summed E-state index contributed by atoms with van der Waals surface area (Å²) in [7, 11) is 1.79. The van der Waals surface area contributed by atoms with Crippen LogP contribution in [0.5, 0.6) is 5.75 Å². The van der Waals surface area contributed by atoms with E-state index in [0.717, 1.165) is 30.2 Å². The van der Waals surface area contributed by atoms with Crippen molar-refractivity contribution in [3.63, 3.8) is 0 Å². The van der Waals surface area contributed by atoms with Gasteiger partial charge < -0.3 is 10.1 Å². The number of carbonyl (C=O) groups is 1. The molecule has 2 N–H and O–H groups in total. The predicted molar refractivity (Wildman–Crippen MR) is 117 cm³/mol. The van der Waals surface area contributed by atoms with Crippen molar-refractivity contribution in [2.45, 2.75) is 52.4 Å². The van der Waals surface area contributed by atoms with Gasteiger partial charge in [-0.3, -0.25) is 14.8 Å². The molecule has 152 valence electrons. The molecule has 0 unspecified atom stereocenters. The first-order valence-electron chi connectivity index (χ1n) is 9.85. The Morgan fingerprint density at radius 1 is 1.14 bits per heavy atom. The number of carbonyl (C=O) groups excluding carboxylic acids is 1. The Bertz CT molecular complexity index is 752. The SMILES string of the molecule is CCCCCCCCOc1ccc(NC(=S)NC(=O)c2cc(C)n(C)n2)cc1. The van der Waals surface area contributed by atoms with Gasteiger partial charge in [0, 0.05) is 18.4 Å². The van der Waals surface area contributed by atoms with Crippen LogP contribution < -0.4 is 15.4 Å². The zero-order valence-electron chi connectivity index (χ0n) is 17.0. The molecule has 0 radical (unpaired) electrons. The quantitative estimate of drug-likeness (QED) is 0.449. The van der Waals surface area contributed by atoms with Crippen LogP contribution >= 0.6 is 12.2 Å². The lowest BCUT2D eigenvalue weighted by Crippen LogP contribution is -2.34. The Labute approximate surface area is 172 Å². The summed E-state index contributed by atoms with van der Waals surface area (Å²) in [5.74, 6) is 0.498. The number of ether oxygens (including phenoxy) is 1. The van der Waals surface area contributed by atoms with E-state index in [4.69, 9.17) is 17.0 Å². The van der Waals surface area contributed by atoms with Gasteiger partial charge >= 0.3 is 0 Å². The van der Waals surface area contributed by atoms with E-state index < -0.39 is 0 Å². The number of anilines is 1. The van der Waals surface area contributed by atoms with E-state index >= 15 is 0 Å². The molecule has 2 aromatic rings. The zero-order chi connectivity index (χ0) is 20.4. The van der Waals surface area contributed by atoms with Crippen LogP contribution in [0.2, 0.25) is 0 Å². The van der Waals surface area contributed by atoms with Crippen LogP contribution in [0, 0.1) is 6.92 Å². The smallest absolute Gasteiger partial charge is 0.277 e. The van der Waals surface area contributed by atoms with Crippen molar-refractivity contribution in [2.24, 2.45) is 7.05 Å². The molecule has 0 atom stereocenters. The van der Waals surface area contributed by atoms with E-state index in [1.165, 1.54) is 32.1 Å². The number of benzene rings is 1. The minimum Gasteiger partial charge on any atom is -0.494 e. The Hall–Kier alpha value is -2.41. The van der Waals surface area contributed by atoms with E-state index in [0.29, 0.717) is 5.69 Å². The fraction of sp³-hybridized carbons (Fsp3) is 0.476. The molecule has 0 spiro atoms. The number of aromatic nitrogens is 2. The molecule has 0 saturated heterocycles. The van der Waals surface area contributed by atoms with Crippen molar-refractivity contribution in [2.75, 3.05) is 11.9 Å². The van der Waals surface area contributed by atoms with E-state index in [2.05, 4.69) is 22.7 Å². The molecule has 2 rings (SSSR count). The monoisotopic (exact) mass is 402 g/mol. The number of thiocarbonyl (C=S) groups is 1. The topological polar surface area (TPSA) is 68.2 Å². The number of unbranched alkanes of at least 4 members (excludes halogenated alkanes) is 5. The number of aryl methyl sites for hydroxylation is 2. The second-order valence-corrected chi connectivity index (χ2v) is 7.25. The Balaban J connectivity index is 1.71. The first-order chi connectivity index (χ1) is 13.5. The highest BCUT2D eigenvalue weighted by Crippen LogP contribution is 2.16. The van der Waals surface area contributed by atoms with Crippen molar-refractivity contribution < 1.29 is 9.53 Å². The maximum absolute atomic E-state index is 12.2. The average Bonchev–Trinajstić information content (AvgIpc) is 3.01. The van der Waals surface area contributed by atoms with Crippen LogP contribution in [-0.2, 0) is 7.05 Å². The molecule has 0 fully saturated rings. The summed E-state index contributed by atoms with van der Waals surface area (Å²) in [5.41, 5.74) is 2.03. The molecule has 6 nitrogen and oxygen atoms in total. The van der Waals surface area contributed by atoms with Gasteiger partial charge in [-0.25, -0.2) is 0 Å². The van der Waals surface area contributed by atoms with Crippen LogP contribution in [0.15, 0.2) is 30.3 Å². The Morgan fingerprint density at radius 3 is 2.46 bits per heavy atom. The second kappa shape index (κ2) is 11.4. The molecular weight excluding hydrogens is 372 g/mol. The third-order valence-corrected chi connectivity index (χ3v) is 4.66. The number of nitrogens with zero attached hydrogens (tertiary/aromatic N) is 2. The summed E-state index contributed by atoms with van der Waals surface area (Å²) in [6, 6.07) is 9.26. The molecule has 1 heterocycles. The fourth-order valence-electron chi connectivity index (χ4n) is 2.71. The lowest BCUT2D eigenvalue weighted by Gasteiger charge is -2.10. The van der Waals surface area contributed by atoms with Gasteiger partial charge in [0.15, 0.2) is 10.8 Å². The maximum atomic E-state index is 12.2. The van der Waals surface area contributed by atoms with Crippen LogP contribution in [0.4, 0.5) is 5.69 Å². The molecule has 1 aromatic carbocycles. The Kier molecular flexibility index (Phi) is 8.94. The summed E-state index contributed by atoms with van der Waals surface area (Å²) < 4.78 is 7.42. The lowest BCUT2D eigenvalue weighted by molar-refractivity contribution is 0.0972. The van der Waals surface area contributed by atoms with Gasteiger partial charge in [0.2, 0.25) is 0 Å². The van der Waals surface area contributed by atoms with Gasteiger partial charge in [0.25, 0.3) is 5.91 Å². The molecule has 1 amide bonds. The highest BCUT2D eigenvalue weighted by atomic mass is 32.1. The largest absolute Gasteiger partial charge is 0.494 e. The average molecular weight is 403 g/mol. The summed E-state index contributed by atoms with van der Waals surface area (Å²) >= 11 is 5.21. The normalized spacial score (nSPS) is 10.5. The lowest BCUT2D eigenvalue weighted by atomic mass is 10.1. The first kappa shape index (κ1) is 21.9. The third kappa shape index (κ3) is 7.31. The fourth-order valence-corrected chi connectivity index (χ4v) is 2.92. The minimum absolute atomic E-state index is 0.231. The summed E-state index contributed by atoms with van der Waals surface area (Å²) in [4.78, 5) is 12.2. The van der Waals surface area contributed by atoms with E-state index in [1.807, 2.05) is 31.2 Å². The van der Waals surface area contributed by atoms with E-state index in [9.17, 15) is 4.79 Å². The van der Waals surface area contributed by atoms with Gasteiger partial charge in [0.1, 0.15) is 5.75 Å². The Morgan fingerprint density at radius 2 is 1.82 bits per heavy atom. The zero-order valence-corrected chi connectivity index (χ0v) is 17.8. The minimum atomic E-state index is -0.333. The maximum Gasteiger partial charge on any atom is 0.277 e. The van der Waals surface area contributed by atoms with Crippen LogP contribution in [-0.4, -0.2) is 27.4 Å². The van der Waals surface area contributed by atoms with Gasteiger partial charge in [-0.05, 0) is 55.9 Å². The van der Waals surface area contributed by atoms with Crippen LogP contribution in [0.1, 0.15) is 61.6 Å². The molecule has 7 heteroatoms. The standard InChI is InChI=1S/C21H30N4O2S/c1-4-5-6-7-8-9-14-27-18-12-10-17(11-13-18)22-21(28)23-20(26)19-15-16(2)25(3)24-19/h10-13,15H,4-9,14H2,1-3H3,(H2,22,23,26,28). The molecule has 0 aliphatic heterocycles. The van der Waals surface area contributed by atoms with Crippen molar-refractivity contribution in [1.29, 1.82) is 0 Å². The summed E-state index contributed by atoms with van der Waals surface area (Å²) in [6.45, 7) is 4.84. The molecule has 28 heavy (non-hydrogen) atoms. The first-order valence-corrected chi connectivity index (χ1v) is 10.3. The van der Waals surface area contributed by atoms with Crippen molar-refractivity contribution in [1.82, 2.24) is 15.1 Å². The molecule has 0 aliphatic rings. The third-order valence-electron chi connectivity index (χ3n) is 4.45. The van der Waals surface area contributed by atoms with Crippen molar-refractivity contribution in [3.05, 3.63) is 41.7 Å². The summed E-state index contributed by atoms with van der Waals surface area (Å²) in [6.07, 6.45) is 7.47. The molecule has 0 aliphatic carbocycles. The molecular formula is C21H30N4O2S. The number of nitrogens with one attached hydrogen (secondary N) is 2. The molecule has 0 saturated carbocycles. The number of amides is 1. The number of hydrogen-bond acceptors (Lipinski definition) is 4. The highest BCUT2D eigenvalue weighted by molar-refractivity contribution is 7.80. The van der Waals surface area contributed by atoms with Crippen LogP contribution in [0.25, 0.3) is 0 Å². The molecule has 1 aromatic heterocycles. The van der Waals surface area contributed by atoms with Gasteiger partial charge in [-0.15, -0.1) is 0 Å². The number of rotatable bonds is 10. The summed E-state index contributed by atoms with van der Waals surface area (Å²) in [5, 5.41) is 10.0. The number of hydrogen-bond donors (Lipinski definition) is 2. The van der Waals surface area contributed by atoms with E-state index in [1.54, 1.807) is 17.8 Å². The van der Waals surface area contributed by atoms with Crippen LogP contribution in [0.3, 0.4) is 0 Å².